The molecular weight excluding hydrogens is 216 g/mol. The van der Waals surface area contributed by atoms with Crippen molar-refractivity contribution in [2.45, 2.75) is 51.6 Å². The van der Waals surface area contributed by atoms with Gasteiger partial charge in [0.1, 0.15) is 0 Å². The van der Waals surface area contributed by atoms with Gasteiger partial charge in [0.15, 0.2) is 0 Å². The van der Waals surface area contributed by atoms with E-state index in [1.807, 2.05) is 6.92 Å². The van der Waals surface area contributed by atoms with Crippen LogP contribution < -0.4 is 10.6 Å². The highest BCUT2D eigenvalue weighted by atomic mass is 16.3. The molecule has 0 aromatic carbocycles. The lowest BCUT2D eigenvalue weighted by molar-refractivity contribution is -0.122. The lowest BCUT2D eigenvalue weighted by Crippen LogP contribution is -2.40. The number of carbonyl (C=O) groups excluding carboxylic acids is 1. The monoisotopic (exact) mass is 242 g/mol. The van der Waals surface area contributed by atoms with Crippen molar-refractivity contribution in [3.63, 3.8) is 0 Å². The zero-order valence-electron chi connectivity index (χ0n) is 11.1. The van der Waals surface area contributed by atoms with E-state index in [9.17, 15) is 9.90 Å². The maximum atomic E-state index is 11.6. The Morgan fingerprint density at radius 2 is 2.35 bits per heavy atom. The first kappa shape index (κ1) is 14.5. The van der Waals surface area contributed by atoms with Crippen molar-refractivity contribution in [3.8, 4) is 0 Å². The van der Waals surface area contributed by atoms with Gasteiger partial charge in [-0.25, -0.2) is 0 Å². The highest BCUT2D eigenvalue weighted by Gasteiger charge is 2.20. The third-order valence-electron chi connectivity index (χ3n) is 3.40. The maximum Gasteiger partial charge on any atom is 0.220 e. The molecule has 0 radical (unpaired) electrons. The zero-order chi connectivity index (χ0) is 12.7. The molecule has 1 heterocycles. The Morgan fingerprint density at radius 1 is 1.59 bits per heavy atom. The summed E-state index contributed by atoms with van der Waals surface area (Å²) in [6, 6.07) is 0. The molecule has 1 saturated heterocycles. The van der Waals surface area contributed by atoms with Gasteiger partial charge >= 0.3 is 0 Å². The second-order valence-corrected chi connectivity index (χ2v) is 5.42. The number of hydrogen-bond donors (Lipinski definition) is 3. The first-order valence-corrected chi connectivity index (χ1v) is 6.73. The van der Waals surface area contributed by atoms with Crippen LogP contribution in [-0.2, 0) is 4.79 Å². The molecule has 100 valence electrons. The Labute approximate surface area is 104 Å². The van der Waals surface area contributed by atoms with Gasteiger partial charge in [-0.15, -0.1) is 0 Å². The molecule has 4 heteroatoms. The van der Waals surface area contributed by atoms with E-state index >= 15 is 0 Å². The molecule has 4 nitrogen and oxygen atoms in total. The lowest BCUT2D eigenvalue weighted by Gasteiger charge is -2.23. The van der Waals surface area contributed by atoms with Crippen LogP contribution in [0.25, 0.3) is 0 Å². The number of hydrogen-bond acceptors (Lipinski definition) is 3. The van der Waals surface area contributed by atoms with E-state index < -0.39 is 5.60 Å². The summed E-state index contributed by atoms with van der Waals surface area (Å²) in [7, 11) is 0. The minimum absolute atomic E-state index is 0.0632. The van der Waals surface area contributed by atoms with E-state index in [4.69, 9.17) is 0 Å². The van der Waals surface area contributed by atoms with Crippen LogP contribution in [0.3, 0.4) is 0 Å². The van der Waals surface area contributed by atoms with Gasteiger partial charge in [-0.3, -0.25) is 4.79 Å². The number of rotatable bonds is 7. The fraction of sp³-hybridized carbons (Fsp3) is 0.923. The summed E-state index contributed by atoms with van der Waals surface area (Å²) in [5, 5.41) is 16.0. The molecule has 2 unspecified atom stereocenters. The molecule has 1 aliphatic rings. The van der Waals surface area contributed by atoms with Crippen molar-refractivity contribution in [2.24, 2.45) is 5.92 Å². The summed E-state index contributed by atoms with van der Waals surface area (Å²) in [6.07, 6.45) is 4.36. The molecule has 0 spiro atoms. The normalized spacial score (nSPS) is 23.4. The molecule has 0 saturated carbocycles. The van der Waals surface area contributed by atoms with E-state index in [1.54, 1.807) is 6.92 Å². The lowest BCUT2D eigenvalue weighted by atomic mass is 10.00. The highest BCUT2D eigenvalue weighted by Crippen LogP contribution is 2.14. The summed E-state index contributed by atoms with van der Waals surface area (Å²) in [5.41, 5.74) is -0.765. The Kier molecular flexibility index (Phi) is 5.92. The Morgan fingerprint density at radius 3 is 2.94 bits per heavy atom. The van der Waals surface area contributed by atoms with Crippen LogP contribution in [0.2, 0.25) is 0 Å². The van der Waals surface area contributed by atoms with E-state index in [-0.39, 0.29) is 5.91 Å². The second kappa shape index (κ2) is 6.97. The third kappa shape index (κ3) is 6.03. The largest absolute Gasteiger partial charge is 0.388 e. The first-order valence-electron chi connectivity index (χ1n) is 6.73. The highest BCUT2D eigenvalue weighted by molar-refractivity contribution is 5.75. The fourth-order valence-corrected chi connectivity index (χ4v) is 2.30. The average molecular weight is 242 g/mol. The summed E-state index contributed by atoms with van der Waals surface area (Å²) in [6.45, 7) is 6.29. The number of carbonyl (C=O) groups is 1. The quantitative estimate of drug-likeness (QED) is 0.625. The predicted molar refractivity (Wildman–Crippen MR) is 68.8 cm³/mol. The van der Waals surface area contributed by atoms with Crippen LogP contribution in [0.4, 0.5) is 0 Å². The predicted octanol–water partition coefficient (Wildman–Crippen LogP) is 1.04. The van der Waals surface area contributed by atoms with E-state index in [2.05, 4.69) is 10.6 Å². The van der Waals surface area contributed by atoms with Gasteiger partial charge in [-0.2, -0.15) is 0 Å². The van der Waals surface area contributed by atoms with Crippen molar-refractivity contribution >= 4 is 5.91 Å². The minimum Gasteiger partial charge on any atom is -0.388 e. The molecular formula is C13H26N2O2. The molecule has 17 heavy (non-hydrogen) atoms. The van der Waals surface area contributed by atoms with E-state index in [0.717, 1.165) is 32.4 Å². The molecule has 1 rings (SSSR count). The minimum atomic E-state index is -0.765. The van der Waals surface area contributed by atoms with Crippen LogP contribution >= 0.6 is 0 Å². The molecule has 3 N–H and O–H groups in total. The molecule has 2 atom stereocenters. The van der Waals surface area contributed by atoms with Gasteiger partial charge in [0.25, 0.3) is 0 Å². The first-order chi connectivity index (χ1) is 8.03. The summed E-state index contributed by atoms with van der Waals surface area (Å²) < 4.78 is 0. The van der Waals surface area contributed by atoms with E-state index in [0.29, 0.717) is 18.9 Å². The van der Waals surface area contributed by atoms with Gasteiger partial charge in [0.05, 0.1) is 5.60 Å². The van der Waals surface area contributed by atoms with Crippen LogP contribution in [0.15, 0.2) is 0 Å². The average Bonchev–Trinajstić information content (AvgIpc) is 2.76. The Balaban J connectivity index is 2.11. The standard InChI is InChI=1S/C13H26N2O2/c1-3-7-13(2,17)10-15-12(16)5-4-11-6-8-14-9-11/h11,14,17H,3-10H2,1-2H3,(H,15,16). The van der Waals surface area contributed by atoms with E-state index in [1.165, 1.54) is 6.42 Å². The summed E-state index contributed by atoms with van der Waals surface area (Å²) in [5.74, 6) is 0.713. The smallest absolute Gasteiger partial charge is 0.220 e. The van der Waals surface area contributed by atoms with Crippen LogP contribution in [0.1, 0.15) is 46.0 Å². The summed E-state index contributed by atoms with van der Waals surface area (Å²) in [4.78, 5) is 11.6. The van der Waals surface area contributed by atoms with Crippen molar-refractivity contribution in [1.82, 2.24) is 10.6 Å². The SMILES string of the molecule is CCCC(C)(O)CNC(=O)CCC1CCNC1. The Bertz CT molecular complexity index is 236. The Hall–Kier alpha value is -0.610. The van der Waals surface area contributed by atoms with Gasteiger partial charge in [0, 0.05) is 13.0 Å². The zero-order valence-corrected chi connectivity index (χ0v) is 11.1. The molecule has 0 aromatic heterocycles. The molecule has 0 aliphatic carbocycles. The topological polar surface area (TPSA) is 61.4 Å². The van der Waals surface area contributed by atoms with Crippen LogP contribution in [0.5, 0.6) is 0 Å². The molecule has 0 bridgehead atoms. The van der Waals surface area contributed by atoms with Gasteiger partial charge in [-0.05, 0) is 45.2 Å². The van der Waals surface area contributed by atoms with Crippen molar-refractivity contribution in [2.75, 3.05) is 19.6 Å². The van der Waals surface area contributed by atoms with Gasteiger partial charge < -0.3 is 15.7 Å². The molecule has 1 aliphatic heterocycles. The third-order valence-corrected chi connectivity index (χ3v) is 3.40. The number of amides is 1. The number of aliphatic hydroxyl groups is 1. The van der Waals surface area contributed by atoms with Crippen LogP contribution in [0, 0.1) is 5.92 Å². The molecule has 1 amide bonds. The van der Waals surface area contributed by atoms with Gasteiger partial charge in [0.2, 0.25) is 5.91 Å². The second-order valence-electron chi connectivity index (χ2n) is 5.42. The maximum absolute atomic E-state index is 11.6. The summed E-state index contributed by atoms with van der Waals surface area (Å²) >= 11 is 0. The molecule has 1 fully saturated rings. The van der Waals surface area contributed by atoms with Crippen LogP contribution in [-0.4, -0.2) is 36.2 Å². The molecule has 0 aromatic rings. The van der Waals surface area contributed by atoms with Crippen molar-refractivity contribution in [1.29, 1.82) is 0 Å². The fourth-order valence-electron chi connectivity index (χ4n) is 2.30. The number of nitrogens with one attached hydrogen (secondary N) is 2. The van der Waals surface area contributed by atoms with Crippen molar-refractivity contribution < 1.29 is 9.90 Å². The van der Waals surface area contributed by atoms with Gasteiger partial charge in [-0.1, -0.05) is 13.3 Å². The van der Waals surface area contributed by atoms with Crippen molar-refractivity contribution in [3.05, 3.63) is 0 Å².